The van der Waals surface area contributed by atoms with Gasteiger partial charge in [0.05, 0.1) is 78.5 Å². The first-order chi connectivity index (χ1) is 21.4. The molecule has 4 nitrogen and oxygen atoms in total. The van der Waals surface area contributed by atoms with E-state index < -0.39 is 29.0 Å². The Balaban J connectivity index is -0.0000000638. The summed E-state index contributed by atoms with van der Waals surface area (Å²) in [5, 5.41) is 0. The van der Waals surface area contributed by atoms with Crippen LogP contribution in [-0.2, 0) is 0 Å². The SMILES string of the molecule is CC[NH+](CC)CC.CC[NH+](CC)CC.CC[NH+](CC)CC.CC[NH+](CC)CC.F[B-](F)(F)F.F[B-](F)(F)F.F[B-](F)(F)F.F[B-](F)(F)F. The third-order valence-electron chi connectivity index (χ3n) is 6.00. The van der Waals surface area contributed by atoms with Crippen LogP contribution in [0.5, 0.6) is 0 Å². The van der Waals surface area contributed by atoms with Gasteiger partial charge >= 0.3 is 29.0 Å². The van der Waals surface area contributed by atoms with E-state index >= 15 is 0 Å². The highest BCUT2D eigenvalue weighted by Gasteiger charge is 2.22. The number of rotatable bonds is 12. The van der Waals surface area contributed by atoms with E-state index in [1.807, 2.05) is 0 Å². The van der Waals surface area contributed by atoms with Gasteiger partial charge in [0.2, 0.25) is 0 Å². The maximum Gasteiger partial charge on any atom is 0.673 e. The average Bonchev–Trinajstić information content (AvgIpc) is 2.90. The highest BCUT2D eigenvalue weighted by Crippen LogP contribution is 2.08. The molecule has 0 aliphatic heterocycles. The van der Waals surface area contributed by atoms with Gasteiger partial charge in [-0.25, -0.2) is 0 Å². The van der Waals surface area contributed by atoms with E-state index in [0.717, 1.165) is 0 Å². The van der Waals surface area contributed by atoms with Gasteiger partial charge in [-0.2, -0.15) is 0 Å². The minimum absolute atomic E-state index is 1.27. The molecule has 24 heteroatoms. The summed E-state index contributed by atoms with van der Waals surface area (Å²) in [7, 11) is -24.0. The third-order valence-corrected chi connectivity index (χ3v) is 6.00. The molecule has 0 aromatic heterocycles. The molecule has 0 bridgehead atoms. The molecule has 0 aromatic rings. The van der Waals surface area contributed by atoms with Gasteiger partial charge in [-0.1, -0.05) is 0 Å². The zero-order valence-electron chi connectivity index (χ0n) is 30.8. The maximum absolute atomic E-state index is 9.75. The molecule has 0 fully saturated rings. The van der Waals surface area contributed by atoms with E-state index in [4.69, 9.17) is 0 Å². The normalized spacial score (nSPS) is 11.0. The molecule has 0 amide bonds. The van der Waals surface area contributed by atoms with Gasteiger partial charge in [-0.3, -0.25) is 0 Å². The molecule has 0 spiro atoms. The summed E-state index contributed by atoms with van der Waals surface area (Å²) in [4.78, 5) is 6.72. The van der Waals surface area contributed by atoms with E-state index in [1.54, 1.807) is 19.6 Å². The van der Waals surface area contributed by atoms with Crippen molar-refractivity contribution >= 4 is 29.0 Å². The van der Waals surface area contributed by atoms with Crippen molar-refractivity contribution in [2.45, 2.75) is 83.1 Å². The molecule has 304 valence electrons. The number of quaternary nitrogens is 4. The Hall–Kier alpha value is -1.02. The van der Waals surface area contributed by atoms with Gasteiger partial charge in [0.25, 0.3) is 0 Å². The zero-order valence-corrected chi connectivity index (χ0v) is 30.8. The fourth-order valence-electron chi connectivity index (χ4n) is 3.00. The molecule has 0 aromatic carbocycles. The van der Waals surface area contributed by atoms with Crippen molar-refractivity contribution in [3.8, 4) is 0 Å². The van der Waals surface area contributed by atoms with Gasteiger partial charge < -0.3 is 88.7 Å². The quantitative estimate of drug-likeness (QED) is 0.160. The van der Waals surface area contributed by atoms with Gasteiger partial charge in [0.1, 0.15) is 0 Å². The standard InChI is InChI=1S/4C6H15N.4BF4/c4*1-4-7(5-2)6-3;4*2-1(3,4)5/h4*4-6H2,1-3H3;;;;/q;;;;4*-1/p+4. The average molecular weight is 756 g/mol. The number of hydrogen-bond donors (Lipinski definition) is 4. The van der Waals surface area contributed by atoms with Crippen LogP contribution in [0.2, 0.25) is 0 Å². The smallest absolute Gasteiger partial charge is 0.418 e. The Morgan fingerprint density at radius 3 is 0.250 bits per heavy atom. The molecule has 4 N–H and O–H groups in total. The van der Waals surface area contributed by atoms with Gasteiger partial charge in [0.15, 0.2) is 0 Å². The molecule has 0 unspecified atom stereocenters. The van der Waals surface area contributed by atoms with Crippen LogP contribution in [0.1, 0.15) is 83.1 Å². The van der Waals surface area contributed by atoms with Crippen LogP contribution in [0.15, 0.2) is 0 Å². The van der Waals surface area contributed by atoms with Crippen molar-refractivity contribution < 1.29 is 88.7 Å². The van der Waals surface area contributed by atoms with Crippen molar-refractivity contribution in [1.29, 1.82) is 0 Å². The summed E-state index contributed by atoms with van der Waals surface area (Å²) < 4.78 is 156. The molecule has 48 heavy (non-hydrogen) atoms. The molecular weight excluding hydrogens is 692 g/mol. The van der Waals surface area contributed by atoms with E-state index in [-0.39, 0.29) is 0 Å². The fourth-order valence-corrected chi connectivity index (χ4v) is 3.00. The molecule has 0 rings (SSSR count). The Kier molecular flexibility index (Phi) is 57.4. The van der Waals surface area contributed by atoms with Crippen LogP contribution in [0.3, 0.4) is 0 Å². The van der Waals surface area contributed by atoms with Gasteiger partial charge in [-0.05, 0) is 83.1 Å². The lowest BCUT2D eigenvalue weighted by atomic mass is 10.3. The lowest BCUT2D eigenvalue weighted by Gasteiger charge is -2.10. The van der Waals surface area contributed by atoms with E-state index in [2.05, 4.69) is 83.1 Å². The topological polar surface area (TPSA) is 17.8 Å². The highest BCUT2D eigenvalue weighted by molar-refractivity contribution is 6.50. The highest BCUT2D eigenvalue weighted by atomic mass is 19.5. The fraction of sp³-hybridized carbons (Fsp3) is 1.00. The Bertz CT molecular complexity index is 418. The van der Waals surface area contributed by atoms with Crippen LogP contribution in [0.4, 0.5) is 69.1 Å². The molecule has 0 radical (unpaired) electrons. The second kappa shape index (κ2) is 42.1. The predicted octanol–water partition coefficient (Wildman–Crippen LogP) is 4.92. The Morgan fingerprint density at radius 2 is 0.250 bits per heavy atom. The third kappa shape index (κ3) is 165. The van der Waals surface area contributed by atoms with Gasteiger partial charge in [-0.15, -0.1) is 0 Å². The molecule has 0 aliphatic rings. The summed E-state index contributed by atoms with van der Waals surface area (Å²) >= 11 is 0. The summed E-state index contributed by atoms with van der Waals surface area (Å²) in [6.45, 7) is 41.9. The molecule has 0 heterocycles. The minimum atomic E-state index is -6.00. The summed E-state index contributed by atoms with van der Waals surface area (Å²) in [5.41, 5.74) is 0. The van der Waals surface area contributed by atoms with Crippen molar-refractivity contribution in [3.63, 3.8) is 0 Å². The van der Waals surface area contributed by atoms with Crippen molar-refractivity contribution in [1.82, 2.24) is 0 Å². The summed E-state index contributed by atoms with van der Waals surface area (Å²) in [5.74, 6) is 0. The van der Waals surface area contributed by atoms with E-state index in [9.17, 15) is 69.1 Å². The Morgan fingerprint density at radius 1 is 0.208 bits per heavy atom. The van der Waals surface area contributed by atoms with Crippen molar-refractivity contribution in [2.75, 3.05) is 78.5 Å². The minimum Gasteiger partial charge on any atom is -0.418 e. The van der Waals surface area contributed by atoms with Crippen LogP contribution >= 0.6 is 0 Å². The zero-order chi connectivity index (χ0) is 40.8. The first-order valence-corrected chi connectivity index (χ1v) is 16.2. The molecule has 0 saturated carbocycles. The summed E-state index contributed by atoms with van der Waals surface area (Å²) in [6.07, 6.45) is 0. The lowest BCUT2D eigenvalue weighted by molar-refractivity contribution is -0.894. The predicted molar refractivity (Wildman–Crippen MR) is 171 cm³/mol. The largest absolute Gasteiger partial charge is 0.673 e. The van der Waals surface area contributed by atoms with Crippen molar-refractivity contribution in [3.05, 3.63) is 0 Å². The van der Waals surface area contributed by atoms with Gasteiger partial charge in [0, 0.05) is 0 Å². The second-order valence-electron chi connectivity index (χ2n) is 9.22. The van der Waals surface area contributed by atoms with E-state index in [1.165, 1.54) is 78.5 Å². The molecular formula is C24H64B4F16N4. The number of nitrogens with one attached hydrogen (secondary N) is 4. The maximum atomic E-state index is 9.75. The second-order valence-corrected chi connectivity index (χ2v) is 9.22. The number of halogens is 16. The number of hydrogen-bond acceptors (Lipinski definition) is 0. The van der Waals surface area contributed by atoms with Crippen molar-refractivity contribution in [2.24, 2.45) is 0 Å². The Labute approximate surface area is 279 Å². The van der Waals surface area contributed by atoms with Crippen LogP contribution in [0, 0.1) is 0 Å². The van der Waals surface area contributed by atoms with Crippen LogP contribution in [-0.4, -0.2) is 108 Å². The molecule has 0 atom stereocenters. The molecule has 0 aliphatic carbocycles. The van der Waals surface area contributed by atoms with Crippen LogP contribution in [0.25, 0.3) is 0 Å². The van der Waals surface area contributed by atoms with Crippen LogP contribution < -0.4 is 19.6 Å². The summed E-state index contributed by atoms with van der Waals surface area (Å²) in [6, 6.07) is 0. The molecule has 0 saturated heterocycles. The first-order valence-electron chi connectivity index (χ1n) is 16.2. The first kappa shape index (κ1) is 65.4. The monoisotopic (exact) mass is 757 g/mol. The van der Waals surface area contributed by atoms with E-state index in [0.29, 0.717) is 0 Å². The lowest BCUT2D eigenvalue weighted by Crippen LogP contribution is -3.11.